The van der Waals surface area contributed by atoms with Gasteiger partial charge in [-0.1, -0.05) is 83.9 Å². The Morgan fingerprint density at radius 3 is 2.09 bits per heavy atom. The van der Waals surface area contributed by atoms with E-state index in [0.29, 0.717) is 15.9 Å². The van der Waals surface area contributed by atoms with Crippen molar-refractivity contribution >= 4 is 27.5 Å². The minimum atomic E-state index is -4.75. The molecule has 0 aliphatic rings. The number of halogens is 3. The SMILES string of the molecule is CCNC(=O)[C@H](Cc1ccccc1)N(Cc1cccc(C)c1)C(=O)CN(c1cccc(C(F)(F)F)c1)S(=O)(=O)c1ccc(C)cc1. The van der Waals surface area contributed by atoms with Crippen molar-refractivity contribution in [2.45, 2.75) is 50.9 Å². The molecule has 0 saturated carbocycles. The smallest absolute Gasteiger partial charge is 0.355 e. The highest BCUT2D eigenvalue weighted by Gasteiger charge is 2.36. The van der Waals surface area contributed by atoms with Gasteiger partial charge in [-0.25, -0.2) is 8.42 Å². The van der Waals surface area contributed by atoms with E-state index in [9.17, 15) is 31.2 Å². The van der Waals surface area contributed by atoms with Gasteiger partial charge in [-0.2, -0.15) is 13.2 Å². The normalized spacial score (nSPS) is 12.3. The average molecular weight is 652 g/mol. The quantitative estimate of drug-likeness (QED) is 0.195. The molecule has 1 N–H and O–H groups in total. The molecule has 0 unspecified atom stereocenters. The zero-order valence-corrected chi connectivity index (χ0v) is 26.6. The fourth-order valence-corrected chi connectivity index (χ4v) is 6.46. The molecule has 2 amide bonds. The van der Waals surface area contributed by atoms with Crippen LogP contribution in [-0.2, 0) is 38.8 Å². The average Bonchev–Trinajstić information content (AvgIpc) is 3.02. The largest absolute Gasteiger partial charge is 0.416 e. The number of anilines is 1. The summed E-state index contributed by atoms with van der Waals surface area (Å²) in [5.41, 5.74) is 1.75. The minimum Gasteiger partial charge on any atom is -0.355 e. The first-order valence-electron chi connectivity index (χ1n) is 14.7. The van der Waals surface area contributed by atoms with Crippen molar-refractivity contribution in [1.29, 1.82) is 0 Å². The molecule has 4 rings (SSSR count). The Balaban J connectivity index is 1.84. The predicted molar refractivity (Wildman–Crippen MR) is 172 cm³/mol. The molecule has 0 aliphatic heterocycles. The highest BCUT2D eigenvalue weighted by Crippen LogP contribution is 2.33. The van der Waals surface area contributed by atoms with Crippen LogP contribution in [0.15, 0.2) is 108 Å². The fourth-order valence-electron chi connectivity index (χ4n) is 5.06. The maximum Gasteiger partial charge on any atom is 0.416 e. The van der Waals surface area contributed by atoms with Crippen molar-refractivity contribution in [2.75, 3.05) is 17.4 Å². The standard InChI is InChI=1S/C35H36F3N3O4S/c1-4-39-34(43)32(21-27-11-6-5-7-12-27)40(23-28-13-8-10-26(3)20-28)33(42)24-41(30-15-9-14-29(22-30)35(36,37)38)46(44,45)31-18-16-25(2)17-19-31/h5-20,22,32H,4,21,23-24H2,1-3H3,(H,39,43)/t32-/m0/s1. The highest BCUT2D eigenvalue weighted by atomic mass is 32.2. The molecular formula is C35H36F3N3O4S. The van der Waals surface area contributed by atoms with Crippen molar-refractivity contribution in [3.8, 4) is 0 Å². The molecule has 7 nitrogen and oxygen atoms in total. The summed E-state index contributed by atoms with van der Waals surface area (Å²) in [6.45, 7) is 4.78. The van der Waals surface area contributed by atoms with Crippen LogP contribution in [0, 0.1) is 13.8 Å². The number of alkyl halides is 3. The molecule has 0 aromatic heterocycles. The second-order valence-corrected chi connectivity index (χ2v) is 12.8. The Labute approximate surface area is 267 Å². The van der Waals surface area contributed by atoms with Crippen LogP contribution in [0.2, 0.25) is 0 Å². The molecule has 11 heteroatoms. The van der Waals surface area contributed by atoms with E-state index >= 15 is 0 Å². The second-order valence-electron chi connectivity index (χ2n) is 11.0. The van der Waals surface area contributed by atoms with Crippen LogP contribution in [0.1, 0.15) is 34.7 Å². The third kappa shape index (κ3) is 8.54. The molecule has 4 aromatic carbocycles. The number of nitrogens with zero attached hydrogens (tertiary/aromatic N) is 2. The molecule has 242 valence electrons. The Morgan fingerprint density at radius 1 is 0.804 bits per heavy atom. The first-order chi connectivity index (χ1) is 21.8. The number of amides is 2. The summed E-state index contributed by atoms with van der Waals surface area (Å²) < 4.78 is 70.0. The Kier molecular flexibility index (Phi) is 10.9. The number of likely N-dealkylation sites (N-methyl/N-ethyl adjacent to an activating group) is 1. The molecular weight excluding hydrogens is 615 g/mol. The predicted octanol–water partition coefficient (Wildman–Crippen LogP) is 6.29. The van der Waals surface area contributed by atoms with E-state index in [1.165, 1.54) is 23.1 Å². The molecule has 0 radical (unpaired) electrons. The first-order valence-corrected chi connectivity index (χ1v) is 16.2. The Morgan fingerprint density at radius 2 is 1.46 bits per heavy atom. The molecule has 0 heterocycles. The molecule has 46 heavy (non-hydrogen) atoms. The minimum absolute atomic E-state index is 0.0455. The number of rotatable bonds is 12. The molecule has 0 bridgehead atoms. The van der Waals surface area contributed by atoms with E-state index in [1.54, 1.807) is 44.2 Å². The van der Waals surface area contributed by atoms with Gasteiger partial charge in [0.25, 0.3) is 10.0 Å². The van der Waals surface area contributed by atoms with Gasteiger partial charge in [0.15, 0.2) is 0 Å². The van der Waals surface area contributed by atoms with Crippen molar-refractivity contribution in [3.63, 3.8) is 0 Å². The van der Waals surface area contributed by atoms with Crippen LogP contribution in [0.25, 0.3) is 0 Å². The second kappa shape index (κ2) is 14.6. The number of hydrogen-bond acceptors (Lipinski definition) is 4. The van der Waals surface area contributed by atoms with Gasteiger partial charge in [0.05, 0.1) is 16.1 Å². The lowest BCUT2D eigenvalue weighted by molar-refractivity contribution is -0.140. The topological polar surface area (TPSA) is 86.8 Å². The zero-order chi connectivity index (χ0) is 33.5. The number of nitrogens with one attached hydrogen (secondary N) is 1. The zero-order valence-electron chi connectivity index (χ0n) is 25.8. The van der Waals surface area contributed by atoms with Crippen LogP contribution in [0.5, 0.6) is 0 Å². The van der Waals surface area contributed by atoms with Crippen molar-refractivity contribution in [2.24, 2.45) is 0 Å². The van der Waals surface area contributed by atoms with Crippen molar-refractivity contribution in [1.82, 2.24) is 10.2 Å². The summed E-state index contributed by atoms with van der Waals surface area (Å²) in [5.74, 6) is -1.21. The Hall–Kier alpha value is -4.64. The summed E-state index contributed by atoms with van der Waals surface area (Å²) in [4.78, 5) is 29.0. The number of aryl methyl sites for hydroxylation is 2. The highest BCUT2D eigenvalue weighted by molar-refractivity contribution is 7.92. The summed E-state index contributed by atoms with van der Waals surface area (Å²) >= 11 is 0. The number of benzene rings is 4. The van der Waals surface area contributed by atoms with E-state index in [4.69, 9.17) is 0 Å². The molecule has 0 saturated heterocycles. The summed E-state index contributed by atoms with van der Waals surface area (Å²) in [6, 6.07) is 25.0. The van der Waals surface area contributed by atoms with Gasteiger partial charge >= 0.3 is 6.18 Å². The maximum atomic E-state index is 14.4. The molecule has 4 aromatic rings. The maximum absolute atomic E-state index is 14.4. The van der Waals surface area contributed by atoms with Gasteiger partial charge in [0, 0.05) is 19.5 Å². The Bertz CT molecular complexity index is 1760. The van der Waals surface area contributed by atoms with Crippen LogP contribution >= 0.6 is 0 Å². The number of carbonyl (C=O) groups excluding carboxylic acids is 2. The summed E-state index contributed by atoms with van der Waals surface area (Å²) in [5, 5.41) is 2.78. The molecule has 0 aliphatic carbocycles. The van der Waals surface area contributed by atoms with Crippen molar-refractivity contribution in [3.05, 3.63) is 131 Å². The van der Waals surface area contributed by atoms with E-state index in [-0.39, 0.29) is 30.1 Å². The number of carbonyl (C=O) groups is 2. The molecule has 0 spiro atoms. The van der Waals surface area contributed by atoms with Gasteiger partial charge < -0.3 is 10.2 Å². The van der Waals surface area contributed by atoms with Crippen LogP contribution < -0.4 is 9.62 Å². The van der Waals surface area contributed by atoms with Gasteiger partial charge in [-0.15, -0.1) is 0 Å². The lowest BCUT2D eigenvalue weighted by atomic mass is 10.0. The van der Waals surface area contributed by atoms with Crippen LogP contribution in [0.3, 0.4) is 0 Å². The third-order valence-corrected chi connectivity index (χ3v) is 9.19. The van der Waals surface area contributed by atoms with E-state index in [0.717, 1.165) is 28.8 Å². The van der Waals surface area contributed by atoms with Crippen LogP contribution in [-0.4, -0.2) is 44.3 Å². The van der Waals surface area contributed by atoms with Crippen LogP contribution in [0.4, 0.5) is 18.9 Å². The summed E-state index contributed by atoms with van der Waals surface area (Å²) in [7, 11) is -4.54. The monoisotopic (exact) mass is 651 g/mol. The fraction of sp³-hybridized carbons (Fsp3) is 0.257. The van der Waals surface area contributed by atoms with Gasteiger partial charge in [0.2, 0.25) is 11.8 Å². The van der Waals surface area contributed by atoms with Gasteiger partial charge in [-0.05, 0) is 62.2 Å². The summed E-state index contributed by atoms with van der Waals surface area (Å²) in [6.07, 6.45) is -4.63. The number of hydrogen-bond donors (Lipinski definition) is 1. The lowest BCUT2D eigenvalue weighted by Crippen LogP contribution is -2.53. The van der Waals surface area contributed by atoms with E-state index in [1.807, 2.05) is 43.3 Å². The first kappa shape index (κ1) is 34.2. The van der Waals surface area contributed by atoms with Gasteiger partial charge in [-0.3, -0.25) is 13.9 Å². The lowest BCUT2D eigenvalue weighted by Gasteiger charge is -2.34. The molecule has 0 fully saturated rings. The molecule has 1 atom stereocenters. The van der Waals surface area contributed by atoms with E-state index < -0.39 is 46.2 Å². The van der Waals surface area contributed by atoms with Crippen molar-refractivity contribution < 1.29 is 31.2 Å². The van der Waals surface area contributed by atoms with E-state index in [2.05, 4.69) is 5.32 Å². The van der Waals surface area contributed by atoms with Gasteiger partial charge in [0.1, 0.15) is 12.6 Å². The number of sulfonamides is 1. The third-order valence-electron chi connectivity index (χ3n) is 7.41.